The molecule has 5 nitrogen and oxygen atoms in total. The predicted octanol–water partition coefficient (Wildman–Crippen LogP) is 6.68. The fourth-order valence-corrected chi connectivity index (χ4v) is 5.41. The average molecular weight is 651 g/mol. The van der Waals surface area contributed by atoms with Crippen LogP contribution < -0.4 is 10.1 Å². The minimum Gasteiger partial charge on any atom is -0.484 e. The van der Waals surface area contributed by atoms with Crippen molar-refractivity contribution in [2.45, 2.75) is 50.7 Å². The molecule has 1 aliphatic carbocycles. The van der Waals surface area contributed by atoms with E-state index >= 15 is 0 Å². The van der Waals surface area contributed by atoms with Gasteiger partial charge >= 0.3 is 0 Å². The molecule has 0 heterocycles. The van der Waals surface area contributed by atoms with E-state index in [1.165, 1.54) is 0 Å². The number of ether oxygens (including phenoxy) is 1. The Labute approximate surface area is 241 Å². The second-order valence-corrected chi connectivity index (χ2v) is 11.2. The molecule has 1 aliphatic rings. The number of carbonyl (C=O) groups is 2. The third kappa shape index (κ3) is 7.85. The SMILES string of the molecule is O=C(NC1CCCC1)C(Cc1ccccc1)N(Cc1c(Cl)cccc1Cl)C(=O)COc1ccc(I)cc1. The van der Waals surface area contributed by atoms with Gasteiger partial charge in [0, 0.05) is 38.2 Å². The first-order valence-corrected chi connectivity index (χ1v) is 14.2. The van der Waals surface area contributed by atoms with E-state index in [1.54, 1.807) is 23.1 Å². The highest BCUT2D eigenvalue weighted by Gasteiger charge is 2.33. The molecule has 1 N–H and O–H groups in total. The lowest BCUT2D eigenvalue weighted by Gasteiger charge is -2.32. The highest BCUT2D eigenvalue weighted by Crippen LogP contribution is 2.28. The lowest BCUT2D eigenvalue weighted by molar-refractivity contribution is -0.143. The van der Waals surface area contributed by atoms with Crippen molar-refractivity contribution < 1.29 is 14.3 Å². The van der Waals surface area contributed by atoms with Crippen LogP contribution in [0, 0.1) is 3.57 Å². The van der Waals surface area contributed by atoms with Crippen LogP contribution in [0.2, 0.25) is 10.0 Å². The maximum atomic E-state index is 13.7. The fourth-order valence-electron chi connectivity index (χ4n) is 4.53. The van der Waals surface area contributed by atoms with Crippen molar-refractivity contribution in [3.05, 3.63) is 97.5 Å². The van der Waals surface area contributed by atoms with E-state index in [9.17, 15) is 9.59 Å². The molecule has 194 valence electrons. The van der Waals surface area contributed by atoms with Gasteiger partial charge in [-0.15, -0.1) is 0 Å². The van der Waals surface area contributed by atoms with Crippen LogP contribution in [0.3, 0.4) is 0 Å². The van der Waals surface area contributed by atoms with Crippen molar-refractivity contribution in [2.24, 2.45) is 0 Å². The largest absolute Gasteiger partial charge is 0.484 e. The molecule has 3 aromatic rings. The summed E-state index contributed by atoms with van der Waals surface area (Å²) in [7, 11) is 0. The van der Waals surface area contributed by atoms with Gasteiger partial charge in [-0.2, -0.15) is 0 Å². The molecule has 8 heteroatoms. The number of nitrogens with zero attached hydrogens (tertiary/aromatic N) is 1. The van der Waals surface area contributed by atoms with Crippen LogP contribution in [0.15, 0.2) is 72.8 Å². The third-order valence-corrected chi connectivity index (χ3v) is 7.97. The Bertz CT molecular complexity index is 1180. The molecule has 0 bridgehead atoms. The van der Waals surface area contributed by atoms with Crippen LogP contribution >= 0.6 is 45.8 Å². The van der Waals surface area contributed by atoms with E-state index in [0.29, 0.717) is 27.8 Å². The van der Waals surface area contributed by atoms with E-state index in [0.717, 1.165) is 34.8 Å². The number of hydrogen-bond acceptors (Lipinski definition) is 3. The van der Waals surface area contributed by atoms with Gasteiger partial charge in [0.05, 0.1) is 0 Å². The van der Waals surface area contributed by atoms with Gasteiger partial charge in [0.15, 0.2) is 6.61 Å². The van der Waals surface area contributed by atoms with Gasteiger partial charge in [-0.3, -0.25) is 9.59 Å². The second-order valence-electron chi connectivity index (χ2n) is 9.16. The molecule has 1 atom stereocenters. The molecule has 1 unspecified atom stereocenters. The highest BCUT2D eigenvalue weighted by molar-refractivity contribution is 14.1. The smallest absolute Gasteiger partial charge is 0.261 e. The summed E-state index contributed by atoms with van der Waals surface area (Å²) < 4.78 is 6.89. The summed E-state index contributed by atoms with van der Waals surface area (Å²) in [5.74, 6) is 0.0816. The van der Waals surface area contributed by atoms with E-state index < -0.39 is 6.04 Å². The molecule has 1 saturated carbocycles. The van der Waals surface area contributed by atoms with Gasteiger partial charge in [0.25, 0.3) is 5.91 Å². The van der Waals surface area contributed by atoms with E-state index in [1.807, 2.05) is 54.6 Å². The molecular formula is C29H29Cl2IN2O3. The number of carbonyl (C=O) groups excluding carboxylic acids is 2. The van der Waals surface area contributed by atoms with Crippen molar-refractivity contribution in [3.8, 4) is 5.75 Å². The Morgan fingerprint density at radius 1 is 0.946 bits per heavy atom. The molecule has 0 spiro atoms. The summed E-state index contributed by atoms with van der Waals surface area (Å²) in [5.41, 5.74) is 1.55. The van der Waals surface area contributed by atoms with E-state index in [4.69, 9.17) is 27.9 Å². The summed E-state index contributed by atoms with van der Waals surface area (Å²) in [5, 5.41) is 4.08. The molecule has 0 saturated heterocycles. The number of halogens is 3. The molecule has 0 aliphatic heterocycles. The quantitative estimate of drug-likeness (QED) is 0.249. The third-order valence-electron chi connectivity index (χ3n) is 6.54. The Balaban J connectivity index is 1.64. The minimum atomic E-state index is -0.761. The van der Waals surface area contributed by atoms with Crippen LogP contribution in [-0.4, -0.2) is 35.4 Å². The monoisotopic (exact) mass is 650 g/mol. The minimum absolute atomic E-state index is 0.0863. The molecular weight excluding hydrogens is 622 g/mol. The van der Waals surface area contributed by atoms with Gasteiger partial charge in [-0.25, -0.2) is 0 Å². The maximum absolute atomic E-state index is 13.7. The number of rotatable bonds is 10. The van der Waals surface area contributed by atoms with Gasteiger partial charge in [-0.1, -0.05) is 72.4 Å². The Kier molecular flexibility index (Phi) is 10.1. The highest BCUT2D eigenvalue weighted by atomic mass is 127. The number of nitrogens with one attached hydrogen (secondary N) is 1. The summed E-state index contributed by atoms with van der Waals surface area (Å²) in [6.07, 6.45) is 4.44. The molecule has 4 rings (SSSR count). The van der Waals surface area contributed by atoms with E-state index in [2.05, 4.69) is 27.9 Å². The van der Waals surface area contributed by atoms with Gasteiger partial charge in [0.2, 0.25) is 5.91 Å². The number of benzene rings is 3. The normalized spacial score (nSPS) is 14.2. The topological polar surface area (TPSA) is 58.6 Å². The van der Waals surface area contributed by atoms with Crippen molar-refractivity contribution in [1.29, 1.82) is 0 Å². The van der Waals surface area contributed by atoms with Crippen LogP contribution in [0.4, 0.5) is 0 Å². The molecule has 37 heavy (non-hydrogen) atoms. The lowest BCUT2D eigenvalue weighted by atomic mass is 10.0. The molecule has 1 fully saturated rings. The van der Waals surface area contributed by atoms with Crippen LogP contribution in [0.1, 0.15) is 36.8 Å². The first kappa shape index (κ1) is 27.7. The predicted molar refractivity (Wildman–Crippen MR) is 156 cm³/mol. The summed E-state index contributed by atoms with van der Waals surface area (Å²) in [6.45, 7) is -0.131. The fraction of sp³-hybridized carbons (Fsp3) is 0.310. The van der Waals surface area contributed by atoms with Crippen LogP contribution in [-0.2, 0) is 22.6 Å². The van der Waals surface area contributed by atoms with Gasteiger partial charge in [-0.05, 0) is 77.4 Å². The van der Waals surface area contributed by atoms with Crippen molar-refractivity contribution in [2.75, 3.05) is 6.61 Å². The second kappa shape index (κ2) is 13.5. The molecule has 3 aromatic carbocycles. The summed E-state index contributed by atoms with van der Waals surface area (Å²) in [6, 6.07) is 21.8. The molecule has 0 radical (unpaired) electrons. The Hall–Kier alpha value is -2.29. The first-order valence-electron chi connectivity index (χ1n) is 12.4. The Morgan fingerprint density at radius 2 is 1.59 bits per heavy atom. The molecule has 2 amide bonds. The van der Waals surface area contributed by atoms with E-state index in [-0.39, 0.29) is 31.0 Å². The lowest BCUT2D eigenvalue weighted by Crippen LogP contribution is -2.53. The Morgan fingerprint density at radius 3 is 2.24 bits per heavy atom. The van der Waals surface area contributed by atoms with Gasteiger partial charge < -0.3 is 15.0 Å². The first-order chi connectivity index (χ1) is 17.9. The maximum Gasteiger partial charge on any atom is 0.261 e. The zero-order valence-electron chi connectivity index (χ0n) is 20.3. The van der Waals surface area contributed by atoms with Crippen molar-refractivity contribution in [3.63, 3.8) is 0 Å². The number of hydrogen-bond donors (Lipinski definition) is 1. The zero-order chi connectivity index (χ0) is 26.2. The van der Waals surface area contributed by atoms with Gasteiger partial charge in [0.1, 0.15) is 11.8 Å². The van der Waals surface area contributed by atoms with Crippen LogP contribution in [0.25, 0.3) is 0 Å². The average Bonchev–Trinajstić information content (AvgIpc) is 3.40. The van der Waals surface area contributed by atoms with Crippen molar-refractivity contribution >= 4 is 57.6 Å². The molecule has 0 aromatic heterocycles. The van der Waals surface area contributed by atoms with Crippen molar-refractivity contribution in [1.82, 2.24) is 10.2 Å². The zero-order valence-corrected chi connectivity index (χ0v) is 24.0. The standard InChI is InChI=1S/C29H29Cl2IN2O3/c30-25-11-6-12-26(31)24(25)18-34(28(35)19-37-23-15-13-21(32)14-16-23)27(17-20-7-2-1-3-8-20)29(36)33-22-9-4-5-10-22/h1-3,6-8,11-16,22,27H,4-5,9-10,17-19H2,(H,33,36). The van der Waals surface area contributed by atoms with Crippen LogP contribution in [0.5, 0.6) is 5.75 Å². The summed E-state index contributed by atoms with van der Waals surface area (Å²) in [4.78, 5) is 29.0. The summed E-state index contributed by atoms with van der Waals surface area (Å²) >= 11 is 15.2. The number of amides is 2.